The molecule has 2 aliphatic rings. The Morgan fingerprint density at radius 1 is 1.22 bits per heavy atom. The third-order valence-electron chi connectivity index (χ3n) is 7.56. The lowest BCUT2D eigenvalue weighted by Gasteiger charge is -2.37. The van der Waals surface area contributed by atoms with E-state index in [1.165, 1.54) is 4.90 Å². The second kappa shape index (κ2) is 7.97. The van der Waals surface area contributed by atoms with Crippen LogP contribution in [0, 0.1) is 0 Å². The highest BCUT2D eigenvalue weighted by molar-refractivity contribution is 6.74. The van der Waals surface area contributed by atoms with Crippen molar-refractivity contribution in [1.82, 2.24) is 4.90 Å². The van der Waals surface area contributed by atoms with Crippen LogP contribution >= 0.6 is 0 Å². The van der Waals surface area contributed by atoms with Crippen LogP contribution in [0.2, 0.25) is 18.1 Å². The largest absolute Gasteiger partial charge is 0.494 e. The number of amides is 1. The molecule has 32 heavy (non-hydrogen) atoms. The first-order valence-corrected chi connectivity index (χ1v) is 14.0. The van der Waals surface area contributed by atoms with E-state index in [1.807, 2.05) is 39.8 Å². The number of aliphatic carboxylic acids is 1. The van der Waals surface area contributed by atoms with Gasteiger partial charge >= 0.3 is 13.1 Å². The van der Waals surface area contributed by atoms with Crippen LogP contribution in [-0.2, 0) is 25.1 Å². The van der Waals surface area contributed by atoms with Crippen molar-refractivity contribution in [2.45, 2.75) is 90.4 Å². The minimum Gasteiger partial charge on any atom is -0.480 e. The molecule has 1 aromatic carbocycles. The van der Waals surface area contributed by atoms with Crippen LogP contribution in [0.25, 0.3) is 0 Å². The van der Waals surface area contributed by atoms with E-state index in [4.69, 9.17) is 13.7 Å². The third-order valence-corrected chi connectivity index (χ3v) is 12.1. The zero-order valence-corrected chi connectivity index (χ0v) is 21.7. The molecule has 9 heteroatoms. The monoisotopic (exact) mass is 461 g/mol. The summed E-state index contributed by atoms with van der Waals surface area (Å²) in [6.07, 6.45) is 0. The second-order valence-corrected chi connectivity index (χ2v) is 16.2. The van der Waals surface area contributed by atoms with Crippen LogP contribution < -0.4 is 5.46 Å². The Hall–Kier alpha value is -1.68. The van der Waals surface area contributed by atoms with E-state index in [2.05, 4.69) is 33.9 Å². The Morgan fingerprint density at radius 3 is 2.28 bits per heavy atom. The van der Waals surface area contributed by atoms with E-state index in [9.17, 15) is 14.7 Å². The van der Waals surface area contributed by atoms with Gasteiger partial charge in [-0.25, -0.2) is 4.79 Å². The topological polar surface area (TPSA) is 85.3 Å². The highest BCUT2D eigenvalue weighted by atomic mass is 28.4. The summed E-state index contributed by atoms with van der Waals surface area (Å²) in [5.74, 6) is -1.36. The number of benzene rings is 1. The molecule has 2 aliphatic heterocycles. The second-order valence-electron chi connectivity index (χ2n) is 11.4. The Balaban J connectivity index is 1.80. The number of hydrogen-bond acceptors (Lipinski definition) is 5. The fraction of sp³-hybridized carbons (Fsp3) is 0.652. The smallest absolute Gasteiger partial charge is 0.480 e. The summed E-state index contributed by atoms with van der Waals surface area (Å²) < 4.78 is 18.4. The van der Waals surface area contributed by atoms with Crippen LogP contribution in [0.4, 0.5) is 0 Å². The van der Waals surface area contributed by atoms with Crippen LogP contribution in [0.5, 0.6) is 0 Å². The van der Waals surface area contributed by atoms with Crippen LogP contribution in [-0.4, -0.2) is 61.2 Å². The quantitative estimate of drug-likeness (QED) is 0.654. The van der Waals surface area contributed by atoms with Gasteiger partial charge in [0.25, 0.3) is 5.91 Å². The number of rotatable bonds is 6. The van der Waals surface area contributed by atoms with Crippen LogP contribution in [0.15, 0.2) is 18.2 Å². The normalized spacial score (nSPS) is 21.1. The van der Waals surface area contributed by atoms with E-state index >= 15 is 0 Å². The lowest BCUT2D eigenvalue weighted by atomic mass is 9.78. The molecular formula is C23H36BNO6Si. The van der Waals surface area contributed by atoms with E-state index in [0.717, 1.165) is 11.0 Å². The Labute approximate surface area is 192 Å². The van der Waals surface area contributed by atoms with Gasteiger partial charge in [0.05, 0.1) is 17.8 Å². The minimum atomic E-state index is -2.15. The highest BCUT2D eigenvalue weighted by Gasteiger charge is 2.52. The molecule has 2 heterocycles. The molecule has 1 aromatic rings. The molecule has 0 aliphatic carbocycles. The summed E-state index contributed by atoms with van der Waals surface area (Å²) in [6, 6.07) is 4.48. The maximum atomic E-state index is 13.2. The van der Waals surface area contributed by atoms with Crippen LogP contribution in [0.1, 0.15) is 64.4 Å². The van der Waals surface area contributed by atoms with Gasteiger partial charge in [0.1, 0.15) is 0 Å². The molecule has 7 nitrogen and oxygen atoms in total. The van der Waals surface area contributed by atoms with Gasteiger partial charge in [-0.2, -0.15) is 0 Å². The van der Waals surface area contributed by atoms with E-state index < -0.39 is 38.6 Å². The van der Waals surface area contributed by atoms with Crippen molar-refractivity contribution >= 4 is 32.8 Å². The maximum absolute atomic E-state index is 13.2. The fourth-order valence-corrected chi connectivity index (χ4v) is 4.52. The Kier molecular flexibility index (Phi) is 6.22. The number of fused-ring (bicyclic) bond motifs is 1. The molecule has 0 spiro atoms. The first kappa shape index (κ1) is 25.0. The SMILES string of the molecule is CC1(C)OB(c2ccc3c(c2)C(=O)N([C@@H](CO[Si](C)(C)C(C)(C)C)C(=O)O)C3)OC1(C)C. The molecule has 0 unspecified atom stereocenters. The van der Waals surface area contributed by atoms with Crippen molar-refractivity contribution in [3.05, 3.63) is 29.3 Å². The van der Waals surface area contributed by atoms with Gasteiger partial charge in [-0.3, -0.25) is 4.79 Å². The molecule has 176 valence electrons. The molecule has 1 fully saturated rings. The Morgan fingerprint density at radius 2 is 1.78 bits per heavy atom. The summed E-state index contributed by atoms with van der Waals surface area (Å²) >= 11 is 0. The van der Waals surface area contributed by atoms with Gasteiger partial charge in [0, 0.05) is 12.1 Å². The van der Waals surface area contributed by atoms with Gasteiger partial charge < -0.3 is 23.7 Å². The number of nitrogens with zero attached hydrogens (tertiary/aromatic N) is 1. The minimum absolute atomic E-state index is 0.0182. The molecule has 0 bridgehead atoms. The standard InChI is InChI=1S/C23H36BNO6Si/c1-21(2,3)32(8,9)29-14-18(20(27)28)25-13-15-10-11-16(12-17(15)19(25)26)24-30-22(4,5)23(6,7)31-24/h10-12,18H,13-14H2,1-9H3,(H,27,28)/t18-/m0/s1. The average Bonchev–Trinajstić information content (AvgIpc) is 3.06. The van der Waals surface area contributed by atoms with Crippen molar-refractivity contribution < 1.29 is 28.4 Å². The number of hydrogen-bond donors (Lipinski definition) is 1. The van der Waals surface area contributed by atoms with Crippen molar-refractivity contribution in [3.8, 4) is 0 Å². The lowest BCUT2D eigenvalue weighted by Crippen LogP contribution is -2.49. The summed E-state index contributed by atoms with van der Waals surface area (Å²) in [6.45, 7) is 18.6. The molecule has 1 saturated heterocycles. The van der Waals surface area contributed by atoms with Gasteiger partial charge in [-0.15, -0.1) is 0 Å². The van der Waals surface area contributed by atoms with E-state index in [0.29, 0.717) is 5.56 Å². The molecule has 1 N–H and O–H groups in total. The highest BCUT2D eigenvalue weighted by Crippen LogP contribution is 2.38. The zero-order valence-electron chi connectivity index (χ0n) is 20.7. The van der Waals surface area contributed by atoms with Crippen molar-refractivity contribution in [2.24, 2.45) is 0 Å². The molecule has 0 radical (unpaired) electrons. The summed E-state index contributed by atoms with van der Waals surface area (Å²) in [5, 5.41) is 9.82. The predicted octanol–water partition coefficient (Wildman–Crippen LogP) is 3.42. The first-order chi connectivity index (χ1) is 14.5. The Bertz CT molecular complexity index is 908. The molecule has 0 saturated carbocycles. The predicted molar refractivity (Wildman–Crippen MR) is 127 cm³/mol. The molecular weight excluding hydrogens is 425 g/mol. The molecule has 0 aromatic heterocycles. The summed E-state index contributed by atoms with van der Waals surface area (Å²) in [4.78, 5) is 26.7. The van der Waals surface area contributed by atoms with Crippen LogP contribution in [0.3, 0.4) is 0 Å². The van der Waals surface area contributed by atoms with Gasteiger partial charge in [0.15, 0.2) is 14.4 Å². The number of carbonyl (C=O) groups excluding carboxylic acids is 1. The van der Waals surface area contributed by atoms with Gasteiger partial charge in [-0.1, -0.05) is 32.9 Å². The summed E-state index contributed by atoms with van der Waals surface area (Å²) in [7, 11) is -2.73. The lowest BCUT2D eigenvalue weighted by molar-refractivity contribution is -0.143. The third kappa shape index (κ3) is 4.40. The van der Waals surface area contributed by atoms with Gasteiger partial charge in [-0.05, 0) is 62.9 Å². The maximum Gasteiger partial charge on any atom is 0.494 e. The molecule has 1 amide bonds. The average molecular weight is 461 g/mol. The van der Waals surface area contributed by atoms with Crippen molar-refractivity contribution in [3.63, 3.8) is 0 Å². The van der Waals surface area contributed by atoms with E-state index in [1.54, 1.807) is 6.07 Å². The van der Waals surface area contributed by atoms with E-state index in [-0.39, 0.29) is 24.1 Å². The molecule has 3 rings (SSSR count). The van der Waals surface area contributed by atoms with Crippen molar-refractivity contribution in [1.29, 1.82) is 0 Å². The summed E-state index contributed by atoms with van der Waals surface area (Å²) in [5.41, 5.74) is 1.08. The van der Waals surface area contributed by atoms with Gasteiger partial charge in [0.2, 0.25) is 0 Å². The van der Waals surface area contributed by atoms with Crippen molar-refractivity contribution in [2.75, 3.05) is 6.61 Å². The first-order valence-electron chi connectivity index (χ1n) is 11.1. The molecule has 1 atom stereocenters. The number of carboxylic acid groups (broad SMARTS) is 1. The fourth-order valence-electron chi connectivity index (χ4n) is 3.52. The zero-order chi connectivity index (χ0) is 24.3. The number of carbonyl (C=O) groups is 2. The number of carboxylic acids is 1.